The van der Waals surface area contributed by atoms with E-state index in [4.69, 9.17) is 4.74 Å². The maximum atomic E-state index is 12.1. The SMILES string of the molecule is C=CCNC(=O)CN(C(C)=O)c1ccccc1N1CCOCC1. The Morgan fingerprint density at radius 3 is 2.70 bits per heavy atom. The molecule has 23 heavy (non-hydrogen) atoms. The molecule has 0 aliphatic carbocycles. The van der Waals surface area contributed by atoms with Gasteiger partial charge in [-0.1, -0.05) is 18.2 Å². The van der Waals surface area contributed by atoms with Gasteiger partial charge in [0, 0.05) is 26.6 Å². The fourth-order valence-electron chi connectivity index (χ4n) is 2.52. The molecule has 0 radical (unpaired) electrons. The Labute approximate surface area is 136 Å². The summed E-state index contributed by atoms with van der Waals surface area (Å²) >= 11 is 0. The van der Waals surface area contributed by atoms with Gasteiger partial charge in [-0.2, -0.15) is 0 Å². The lowest BCUT2D eigenvalue weighted by Gasteiger charge is -2.33. The summed E-state index contributed by atoms with van der Waals surface area (Å²) in [5, 5.41) is 2.70. The molecule has 1 saturated heterocycles. The molecule has 1 aliphatic rings. The lowest BCUT2D eigenvalue weighted by Crippen LogP contribution is -2.42. The van der Waals surface area contributed by atoms with Gasteiger partial charge in [0.25, 0.3) is 0 Å². The summed E-state index contributed by atoms with van der Waals surface area (Å²) in [6.45, 7) is 8.27. The Hall–Kier alpha value is -2.34. The van der Waals surface area contributed by atoms with Crippen molar-refractivity contribution in [1.82, 2.24) is 5.32 Å². The lowest BCUT2D eigenvalue weighted by atomic mass is 10.2. The first kappa shape index (κ1) is 17.0. The molecule has 6 heteroatoms. The molecular formula is C17H23N3O3. The van der Waals surface area contributed by atoms with Crippen molar-refractivity contribution in [3.05, 3.63) is 36.9 Å². The van der Waals surface area contributed by atoms with Gasteiger partial charge in [0.05, 0.1) is 24.6 Å². The number of benzene rings is 1. The van der Waals surface area contributed by atoms with Gasteiger partial charge < -0.3 is 19.9 Å². The topological polar surface area (TPSA) is 61.9 Å². The third-order valence-electron chi connectivity index (χ3n) is 3.65. The first-order chi connectivity index (χ1) is 11.1. The van der Waals surface area contributed by atoms with Crippen LogP contribution in [0.1, 0.15) is 6.92 Å². The van der Waals surface area contributed by atoms with Gasteiger partial charge in [0.15, 0.2) is 0 Å². The monoisotopic (exact) mass is 317 g/mol. The summed E-state index contributed by atoms with van der Waals surface area (Å²) in [7, 11) is 0. The molecule has 0 spiro atoms. The van der Waals surface area contributed by atoms with Gasteiger partial charge >= 0.3 is 0 Å². The number of nitrogens with zero attached hydrogens (tertiary/aromatic N) is 2. The zero-order valence-electron chi connectivity index (χ0n) is 13.5. The second-order valence-electron chi connectivity index (χ2n) is 5.29. The molecule has 1 aromatic carbocycles. The number of morpholine rings is 1. The molecular weight excluding hydrogens is 294 g/mol. The van der Waals surface area contributed by atoms with Crippen LogP contribution in [0.4, 0.5) is 11.4 Å². The predicted octanol–water partition coefficient (Wildman–Crippen LogP) is 1.18. The Bertz CT molecular complexity index is 568. The summed E-state index contributed by atoms with van der Waals surface area (Å²) in [6.07, 6.45) is 1.61. The minimum atomic E-state index is -0.211. The third kappa shape index (κ3) is 4.56. The molecule has 1 heterocycles. The average Bonchev–Trinajstić information content (AvgIpc) is 2.58. The molecule has 124 valence electrons. The van der Waals surface area contributed by atoms with Crippen LogP contribution in [0.3, 0.4) is 0 Å². The predicted molar refractivity (Wildman–Crippen MR) is 90.7 cm³/mol. The number of hydrogen-bond donors (Lipinski definition) is 1. The van der Waals surface area contributed by atoms with Crippen molar-refractivity contribution >= 4 is 23.2 Å². The van der Waals surface area contributed by atoms with Crippen LogP contribution in [0.25, 0.3) is 0 Å². The van der Waals surface area contributed by atoms with E-state index in [0.717, 1.165) is 24.5 Å². The Morgan fingerprint density at radius 1 is 1.35 bits per heavy atom. The molecule has 0 bridgehead atoms. The standard InChI is InChI=1S/C17H23N3O3/c1-3-8-18-17(22)13-20(14(2)21)16-7-5-4-6-15(16)19-9-11-23-12-10-19/h3-7H,1,8-13H2,2H3,(H,18,22). The number of amides is 2. The van der Waals surface area contributed by atoms with Crippen LogP contribution in [0.15, 0.2) is 36.9 Å². The van der Waals surface area contributed by atoms with Crippen LogP contribution in [-0.4, -0.2) is 51.2 Å². The molecule has 2 rings (SSSR count). The van der Waals surface area contributed by atoms with E-state index in [1.807, 2.05) is 24.3 Å². The molecule has 0 unspecified atom stereocenters. The van der Waals surface area contributed by atoms with E-state index >= 15 is 0 Å². The zero-order valence-corrected chi connectivity index (χ0v) is 13.5. The zero-order chi connectivity index (χ0) is 16.7. The Morgan fingerprint density at radius 2 is 2.04 bits per heavy atom. The van der Waals surface area contributed by atoms with Crippen LogP contribution in [0, 0.1) is 0 Å². The number of hydrogen-bond acceptors (Lipinski definition) is 4. The van der Waals surface area contributed by atoms with Gasteiger partial charge in [0.1, 0.15) is 6.54 Å². The van der Waals surface area contributed by atoms with Crippen LogP contribution in [-0.2, 0) is 14.3 Å². The first-order valence-corrected chi connectivity index (χ1v) is 7.71. The van der Waals surface area contributed by atoms with Crippen molar-refractivity contribution in [1.29, 1.82) is 0 Å². The fraction of sp³-hybridized carbons (Fsp3) is 0.412. The summed E-state index contributed by atoms with van der Waals surface area (Å²) in [4.78, 5) is 27.7. The van der Waals surface area contributed by atoms with Gasteiger partial charge in [-0.05, 0) is 12.1 Å². The summed E-state index contributed by atoms with van der Waals surface area (Å²) in [5.74, 6) is -0.378. The molecule has 1 fully saturated rings. The van der Waals surface area contributed by atoms with Crippen LogP contribution < -0.4 is 15.1 Å². The largest absolute Gasteiger partial charge is 0.378 e. The molecule has 6 nitrogen and oxygen atoms in total. The minimum absolute atomic E-state index is 0.00940. The van der Waals surface area contributed by atoms with Crippen LogP contribution >= 0.6 is 0 Å². The number of ether oxygens (including phenoxy) is 1. The number of anilines is 2. The van der Waals surface area contributed by atoms with Crippen LogP contribution in [0.2, 0.25) is 0 Å². The average molecular weight is 317 g/mol. The molecule has 0 atom stereocenters. The van der Waals surface area contributed by atoms with Gasteiger partial charge in [0.2, 0.25) is 11.8 Å². The lowest BCUT2D eigenvalue weighted by molar-refractivity contribution is -0.122. The van der Waals surface area contributed by atoms with E-state index in [9.17, 15) is 9.59 Å². The van der Waals surface area contributed by atoms with E-state index in [1.54, 1.807) is 6.08 Å². The molecule has 2 amide bonds. The van der Waals surface area contributed by atoms with Gasteiger partial charge in [-0.3, -0.25) is 9.59 Å². The van der Waals surface area contributed by atoms with Crippen molar-refractivity contribution < 1.29 is 14.3 Å². The fourth-order valence-corrected chi connectivity index (χ4v) is 2.52. The highest BCUT2D eigenvalue weighted by atomic mass is 16.5. The van der Waals surface area contributed by atoms with E-state index in [2.05, 4.69) is 16.8 Å². The number of carbonyl (C=O) groups excluding carboxylic acids is 2. The minimum Gasteiger partial charge on any atom is -0.378 e. The number of para-hydroxylation sites is 2. The smallest absolute Gasteiger partial charge is 0.240 e. The number of carbonyl (C=O) groups is 2. The second-order valence-corrected chi connectivity index (χ2v) is 5.29. The highest BCUT2D eigenvalue weighted by molar-refractivity contribution is 6.00. The number of nitrogens with one attached hydrogen (secondary N) is 1. The van der Waals surface area contributed by atoms with Crippen molar-refractivity contribution in [3.8, 4) is 0 Å². The van der Waals surface area contributed by atoms with E-state index in [1.165, 1.54) is 11.8 Å². The summed E-state index contributed by atoms with van der Waals surface area (Å²) in [5.41, 5.74) is 1.69. The van der Waals surface area contributed by atoms with Crippen LogP contribution in [0.5, 0.6) is 0 Å². The molecule has 1 aliphatic heterocycles. The maximum absolute atomic E-state index is 12.1. The molecule has 1 N–H and O–H groups in total. The number of rotatable bonds is 6. The highest BCUT2D eigenvalue weighted by Crippen LogP contribution is 2.29. The van der Waals surface area contributed by atoms with E-state index in [-0.39, 0.29) is 18.4 Å². The van der Waals surface area contributed by atoms with E-state index in [0.29, 0.717) is 19.8 Å². The van der Waals surface area contributed by atoms with Crippen molar-refractivity contribution in [2.24, 2.45) is 0 Å². The van der Waals surface area contributed by atoms with Crippen molar-refractivity contribution in [3.63, 3.8) is 0 Å². The molecule has 0 aromatic heterocycles. The Kier molecular flexibility index (Phi) is 6.17. The second kappa shape index (κ2) is 8.33. The third-order valence-corrected chi connectivity index (χ3v) is 3.65. The van der Waals surface area contributed by atoms with Crippen molar-refractivity contribution in [2.75, 3.05) is 49.2 Å². The van der Waals surface area contributed by atoms with E-state index < -0.39 is 0 Å². The van der Waals surface area contributed by atoms with Gasteiger partial charge in [-0.25, -0.2) is 0 Å². The first-order valence-electron chi connectivity index (χ1n) is 7.71. The quantitative estimate of drug-likeness (QED) is 0.800. The molecule has 1 aromatic rings. The Balaban J connectivity index is 2.23. The maximum Gasteiger partial charge on any atom is 0.240 e. The van der Waals surface area contributed by atoms with Gasteiger partial charge in [-0.15, -0.1) is 6.58 Å². The highest BCUT2D eigenvalue weighted by Gasteiger charge is 2.22. The summed E-state index contributed by atoms with van der Waals surface area (Å²) in [6, 6.07) is 7.65. The summed E-state index contributed by atoms with van der Waals surface area (Å²) < 4.78 is 5.38. The van der Waals surface area contributed by atoms with Crippen molar-refractivity contribution in [2.45, 2.75) is 6.92 Å². The molecule has 0 saturated carbocycles. The normalized spacial score (nSPS) is 14.2.